The van der Waals surface area contributed by atoms with Gasteiger partial charge in [0.25, 0.3) is 0 Å². The highest BCUT2D eigenvalue weighted by molar-refractivity contribution is 5.20. The summed E-state index contributed by atoms with van der Waals surface area (Å²) in [5.74, 6) is 0. The number of hydrogen-bond donors (Lipinski definition) is 1. The van der Waals surface area contributed by atoms with Crippen LogP contribution in [0.25, 0.3) is 0 Å². The van der Waals surface area contributed by atoms with E-state index in [1.165, 1.54) is 5.56 Å². The van der Waals surface area contributed by atoms with Crippen LogP contribution in [-0.2, 0) is 4.74 Å². The van der Waals surface area contributed by atoms with Gasteiger partial charge in [-0.15, -0.1) is 0 Å². The van der Waals surface area contributed by atoms with Crippen LogP contribution in [0.15, 0.2) is 30.3 Å². The number of rotatable bonds is 5. The highest BCUT2D eigenvalue weighted by atomic mass is 16.5. The van der Waals surface area contributed by atoms with Gasteiger partial charge >= 0.3 is 0 Å². The second-order valence-corrected chi connectivity index (χ2v) is 7.09. The molecule has 2 unspecified atom stereocenters. The first kappa shape index (κ1) is 16.5. The van der Waals surface area contributed by atoms with E-state index in [9.17, 15) is 0 Å². The lowest BCUT2D eigenvalue weighted by atomic mass is 9.84. The molecule has 1 aromatic carbocycles. The Morgan fingerprint density at radius 2 is 1.95 bits per heavy atom. The van der Waals surface area contributed by atoms with Gasteiger partial charge in [0.2, 0.25) is 0 Å². The van der Waals surface area contributed by atoms with Crippen molar-refractivity contribution in [1.82, 2.24) is 10.2 Å². The summed E-state index contributed by atoms with van der Waals surface area (Å²) in [4.78, 5) is 2.63. The molecule has 2 rings (SSSR count). The Kier molecular flexibility index (Phi) is 5.80. The molecule has 0 saturated carbocycles. The van der Waals surface area contributed by atoms with Gasteiger partial charge in [0.05, 0.1) is 0 Å². The van der Waals surface area contributed by atoms with Crippen LogP contribution in [0.2, 0.25) is 0 Å². The quantitative estimate of drug-likeness (QED) is 0.843. The fourth-order valence-corrected chi connectivity index (χ4v) is 3.05. The summed E-state index contributed by atoms with van der Waals surface area (Å²) in [6.45, 7) is 11.0. The van der Waals surface area contributed by atoms with E-state index < -0.39 is 0 Å². The minimum atomic E-state index is 0.293. The molecule has 0 amide bonds. The molecule has 2 atom stereocenters. The predicted molar refractivity (Wildman–Crippen MR) is 88.5 cm³/mol. The Morgan fingerprint density at radius 1 is 1.24 bits per heavy atom. The Morgan fingerprint density at radius 3 is 2.57 bits per heavy atom. The maximum absolute atomic E-state index is 5.23. The van der Waals surface area contributed by atoms with Gasteiger partial charge in [-0.2, -0.15) is 0 Å². The van der Waals surface area contributed by atoms with Crippen molar-refractivity contribution in [2.45, 2.75) is 39.3 Å². The van der Waals surface area contributed by atoms with Crippen LogP contribution in [0, 0.1) is 5.41 Å². The topological polar surface area (TPSA) is 24.5 Å². The molecule has 0 aliphatic carbocycles. The second kappa shape index (κ2) is 7.39. The van der Waals surface area contributed by atoms with E-state index in [4.69, 9.17) is 4.74 Å². The molecule has 1 saturated heterocycles. The minimum absolute atomic E-state index is 0.293. The van der Waals surface area contributed by atoms with Crippen LogP contribution in [0.4, 0.5) is 0 Å². The molecule has 21 heavy (non-hydrogen) atoms. The van der Waals surface area contributed by atoms with Crippen molar-refractivity contribution in [2.75, 3.05) is 33.4 Å². The Labute approximate surface area is 129 Å². The first-order valence-corrected chi connectivity index (χ1v) is 8.03. The maximum Gasteiger partial charge on any atom is 0.0474 e. The van der Waals surface area contributed by atoms with Gasteiger partial charge in [-0.1, -0.05) is 51.1 Å². The Hall–Kier alpha value is -0.900. The van der Waals surface area contributed by atoms with Gasteiger partial charge in [-0.25, -0.2) is 0 Å². The lowest BCUT2D eigenvalue weighted by molar-refractivity contribution is 0.0754. The zero-order chi connectivity index (χ0) is 15.3. The fourth-order valence-electron chi connectivity index (χ4n) is 3.05. The molecular weight excluding hydrogens is 260 g/mol. The third-order valence-electron chi connectivity index (χ3n) is 4.44. The fraction of sp³-hybridized carbons (Fsp3) is 0.667. The molecule has 1 aliphatic rings. The molecule has 1 heterocycles. The van der Waals surface area contributed by atoms with E-state index in [1.54, 1.807) is 7.11 Å². The number of nitrogens with zero attached hydrogens (tertiary/aromatic N) is 1. The minimum Gasteiger partial charge on any atom is -0.385 e. The summed E-state index contributed by atoms with van der Waals surface area (Å²) in [6.07, 6.45) is 1.09. The molecule has 3 heteroatoms. The van der Waals surface area contributed by atoms with Crippen LogP contribution >= 0.6 is 0 Å². The SMILES string of the molecule is COCCCN1CC(C(C)(C)C)NCC1c1ccccc1. The number of ether oxygens (including phenoxy) is 1. The molecule has 1 aliphatic heterocycles. The highest BCUT2D eigenvalue weighted by Gasteiger charge is 2.34. The predicted octanol–water partition coefficient (Wildman–Crippen LogP) is 3.08. The number of methoxy groups -OCH3 is 1. The van der Waals surface area contributed by atoms with E-state index in [-0.39, 0.29) is 0 Å². The van der Waals surface area contributed by atoms with Gasteiger partial charge < -0.3 is 10.1 Å². The molecular formula is C18H30N2O. The zero-order valence-corrected chi connectivity index (χ0v) is 13.9. The Bertz CT molecular complexity index is 413. The molecule has 0 radical (unpaired) electrons. The number of hydrogen-bond acceptors (Lipinski definition) is 3. The van der Waals surface area contributed by atoms with E-state index in [0.29, 0.717) is 17.5 Å². The maximum atomic E-state index is 5.23. The molecule has 1 aromatic rings. The molecule has 1 N–H and O–H groups in total. The molecule has 118 valence electrons. The number of benzene rings is 1. The van der Waals surface area contributed by atoms with Gasteiger partial charge in [0.1, 0.15) is 0 Å². The van der Waals surface area contributed by atoms with Gasteiger partial charge in [0.15, 0.2) is 0 Å². The summed E-state index contributed by atoms with van der Waals surface area (Å²) < 4.78 is 5.23. The van der Waals surface area contributed by atoms with Crippen molar-refractivity contribution >= 4 is 0 Å². The van der Waals surface area contributed by atoms with Crippen LogP contribution in [0.5, 0.6) is 0 Å². The monoisotopic (exact) mass is 290 g/mol. The van der Waals surface area contributed by atoms with Crippen LogP contribution in [0.3, 0.4) is 0 Å². The van der Waals surface area contributed by atoms with Crippen molar-refractivity contribution in [3.05, 3.63) is 35.9 Å². The van der Waals surface area contributed by atoms with Gasteiger partial charge in [0, 0.05) is 45.4 Å². The number of piperazine rings is 1. The van der Waals surface area contributed by atoms with Crippen LogP contribution < -0.4 is 5.32 Å². The van der Waals surface area contributed by atoms with Crippen molar-refractivity contribution in [2.24, 2.45) is 5.41 Å². The smallest absolute Gasteiger partial charge is 0.0474 e. The van der Waals surface area contributed by atoms with E-state index in [1.807, 2.05) is 0 Å². The van der Waals surface area contributed by atoms with Gasteiger partial charge in [-0.05, 0) is 17.4 Å². The first-order chi connectivity index (χ1) is 10.0. The molecule has 0 spiro atoms. The first-order valence-electron chi connectivity index (χ1n) is 8.03. The van der Waals surface area contributed by atoms with Crippen LogP contribution in [0.1, 0.15) is 38.8 Å². The summed E-state index contributed by atoms with van der Waals surface area (Å²) in [5.41, 5.74) is 1.70. The normalized spacial score (nSPS) is 24.2. The molecule has 1 fully saturated rings. The molecule has 3 nitrogen and oxygen atoms in total. The average molecular weight is 290 g/mol. The Balaban J connectivity index is 2.08. The van der Waals surface area contributed by atoms with Crippen LogP contribution in [-0.4, -0.2) is 44.3 Å². The van der Waals surface area contributed by atoms with E-state index >= 15 is 0 Å². The lowest BCUT2D eigenvalue weighted by Gasteiger charge is -2.45. The third kappa shape index (κ3) is 4.53. The lowest BCUT2D eigenvalue weighted by Crippen LogP contribution is -2.57. The zero-order valence-electron chi connectivity index (χ0n) is 13.9. The molecule has 0 bridgehead atoms. The summed E-state index contributed by atoms with van der Waals surface area (Å²) in [7, 11) is 1.78. The van der Waals surface area contributed by atoms with E-state index in [2.05, 4.69) is 61.3 Å². The summed E-state index contributed by atoms with van der Waals surface area (Å²) >= 11 is 0. The second-order valence-electron chi connectivity index (χ2n) is 7.09. The van der Waals surface area contributed by atoms with E-state index in [0.717, 1.165) is 32.7 Å². The standard InChI is InChI=1S/C18H30N2O/c1-18(2,3)17-14-20(11-8-12-21-4)16(13-19-17)15-9-6-5-7-10-15/h5-7,9-10,16-17,19H,8,11-14H2,1-4H3. The van der Waals surface area contributed by atoms with Crippen molar-refractivity contribution in [3.63, 3.8) is 0 Å². The van der Waals surface area contributed by atoms with Crippen molar-refractivity contribution in [3.8, 4) is 0 Å². The highest BCUT2D eigenvalue weighted by Crippen LogP contribution is 2.29. The van der Waals surface area contributed by atoms with Crippen molar-refractivity contribution < 1.29 is 4.74 Å². The average Bonchev–Trinajstić information content (AvgIpc) is 2.47. The largest absolute Gasteiger partial charge is 0.385 e. The number of nitrogens with one attached hydrogen (secondary N) is 1. The third-order valence-corrected chi connectivity index (χ3v) is 4.44. The summed E-state index contributed by atoms with van der Waals surface area (Å²) in [6, 6.07) is 11.9. The molecule has 0 aromatic heterocycles. The van der Waals surface area contributed by atoms with Gasteiger partial charge in [-0.3, -0.25) is 4.90 Å². The summed E-state index contributed by atoms with van der Waals surface area (Å²) in [5, 5.41) is 3.76. The van der Waals surface area contributed by atoms with Crippen molar-refractivity contribution in [1.29, 1.82) is 0 Å².